The lowest BCUT2D eigenvalue weighted by Gasteiger charge is -2.09. The van der Waals surface area contributed by atoms with E-state index in [4.69, 9.17) is 5.73 Å². The number of fused-ring (bicyclic) bond motifs is 1. The topological polar surface area (TPSA) is 80.9 Å². The largest absolute Gasteiger partial charge is 0.365 e. The highest BCUT2D eigenvalue weighted by molar-refractivity contribution is 5.98. The van der Waals surface area contributed by atoms with Gasteiger partial charge >= 0.3 is 0 Å². The van der Waals surface area contributed by atoms with Gasteiger partial charge in [0, 0.05) is 29.7 Å². The maximum absolute atomic E-state index is 11.4. The summed E-state index contributed by atoms with van der Waals surface area (Å²) in [5, 5.41) is 5.21. The quantitative estimate of drug-likeness (QED) is 0.761. The first-order valence-corrected chi connectivity index (χ1v) is 6.10. The molecule has 0 aliphatic rings. The molecule has 98 valence electrons. The molecular formula is C15H12N4O. The smallest absolute Gasteiger partial charge is 0.252 e. The fourth-order valence-electron chi connectivity index (χ4n) is 2.00. The highest BCUT2D eigenvalue weighted by Crippen LogP contribution is 2.22. The van der Waals surface area contributed by atoms with E-state index in [1.54, 1.807) is 30.7 Å². The molecule has 2 aromatic heterocycles. The Kier molecular flexibility index (Phi) is 3.01. The van der Waals surface area contributed by atoms with Gasteiger partial charge in [0.1, 0.15) is 5.82 Å². The van der Waals surface area contributed by atoms with Crippen LogP contribution in [0.15, 0.2) is 55.0 Å². The summed E-state index contributed by atoms with van der Waals surface area (Å²) in [6.07, 6.45) is 5.14. The first-order valence-electron chi connectivity index (χ1n) is 6.10. The average Bonchev–Trinajstić information content (AvgIpc) is 2.47. The summed E-state index contributed by atoms with van der Waals surface area (Å²) >= 11 is 0. The van der Waals surface area contributed by atoms with Crippen LogP contribution in [0.5, 0.6) is 0 Å². The normalized spacial score (nSPS) is 10.4. The number of hydrogen-bond acceptors (Lipinski definition) is 4. The Labute approximate surface area is 115 Å². The van der Waals surface area contributed by atoms with Crippen molar-refractivity contribution in [3.05, 3.63) is 60.6 Å². The molecule has 0 saturated carbocycles. The molecule has 1 aromatic carbocycles. The lowest BCUT2D eigenvalue weighted by molar-refractivity contribution is 0.100. The molecule has 0 bridgehead atoms. The molecule has 0 atom stereocenters. The van der Waals surface area contributed by atoms with Crippen molar-refractivity contribution in [2.24, 2.45) is 5.73 Å². The summed E-state index contributed by atoms with van der Waals surface area (Å²) in [5.41, 5.74) is 6.52. The van der Waals surface area contributed by atoms with Gasteiger partial charge < -0.3 is 11.1 Å². The Bertz CT molecular complexity index is 785. The number of pyridine rings is 2. The van der Waals surface area contributed by atoms with Gasteiger partial charge in [-0.2, -0.15) is 0 Å². The second kappa shape index (κ2) is 4.97. The van der Waals surface area contributed by atoms with Crippen molar-refractivity contribution in [2.75, 3.05) is 5.32 Å². The molecule has 0 spiro atoms. The van der Waals surface area contributed by atoms with Crippen molar-refractivity contribution in [1.29, 1.82) is 0 Å². The molecule has 5 nitrogen and oxygen atoms in total. The Morgan fingerprint density at radius 3 is 2.85 bits per heavy atom. The number of hydrogen-bond donors (Lipinski definition) is 2. The summed E-state index contributed by atoms with van der Waals surface area (Å²) in [5.74, 6) is -0.0636. The third kappa shape index (κ3) is 2.29. The van der Waals surface area contributed by atoms with E-state index in [1.165, 1.54) is 0 Å². The minimum absolute atomic E-state index is 0.360. The molecule has 0 aliphatic carbocycles. The van der Waals surface area contributed by atoms with Crippen LogP contribution < -0.4 is 11.1 Å². The van der Waals surface area contributed by atoms with E-state index in [1.807, 2.05) is 24.3 Å². The SMILES string of the molecule is NC(=O)c1cccnc1Nc1ccc2ccncc2c1. The number of carbonyl (C=O) groups is 1. The number of carbonyl (C=O) groups excluding carboxylic acids is 1. The second-order valence-corrected chi connectivity index (χ2v) is 4.33. The van der Waals surface area contributed by atoms with Gasteiger partial charge in [-0.3, -0.25) is 9.78 Å². The van der Waals surface area contributed by atoms with E-state index in [-0.39, 0.29) is 0 Å². The van der Waals surface area contributed by atoms with Crippen molar-refractivity contribution in [3.8, 4) is 0 Å². The van der Waals surface area contributed by atoms with Crippen LogP contribution in [0, 0.1) is 0 Å². The molecule has 3 aromatic rings. The van der Waals surface area contributed by atoms with Crippen LogP contribution >= 0.6 is 0 Å². The maximum atomic E-state index is 11.4. The number of amides is 1. The van der Waals surface area contributed by atoms with Gasteiger partial charge in [0.15, 0.2) is 0 Å². The first kappa shape index (κ1) is 12.1. The Balaban J connectivity index is 1.99. The molecule has 3 N–H and O–H groups in total. The van der Waals surface area contributed by atoms with Gasteiger partial charge in [-0.05, 0) is 35.7 Å². The zero-order chi connectivity index (χ0) is 13.9. The Morgan fingerprint density at radius 1 is 1.10 bits per heavy atom. The van der Waals surface area contributed by atoms with Gasteiger partial charge in [0.25, 0.3) is 5.91 Å². The van der Waals surface area contributed by atoms with Crippen LogP contribution in [0.3, 0.4) is 0 Å². The first-order chi connectivity index (χ1) is 9.74. The zero-order valence-electron chi connectivity index (χ0n) is 10.6. The summed E-state index contributed by atoms with van der Waals surface area (Å²) in [7, 11) is 0. The third-order valence-corrected chi connectivity index (χ3v) is 2.98. The number of primary amides is 1. The van der Waals surface area contributed by atoms with Crippen molar-refractivity contribution in [2.45, 2.75) is 0 Å². The molecule has 5 heteroatoms. The lowest BCUT2D eigenvalue weighted by atomic mass is 10.1. The van der Waals surface area contributed by atoms with Crippen LogP contribution in [0.2, 0.25) is 0 Å². The highest BCUT2D eigenvalue weighted by Gasteiger charge is 2.08. The van der Waals surface area contributed by atoms with Crippen molar-refractivity contribution in [1.82, 2.24) is 9.97 Å². The predicted molar refractivity (Wildman–Crippen MR) is 77.8 cm³/mol. The maximum Gasteiger partial charge on any atom is 0.252 e. The Hall–Kier alpha value is -2.95. The molecule has 0 fully saturated rings. The van der Waals surface area contributed by atoms with E-state index >= 15 is 0 Å². The van der Waals surface area contributed by atoms with Gasteiger partial charge in [0.05, 0.1) is 5.56 Å². The summed E-state index contributed by atoms with van der Waals surface area (Å²) in [6, 6.07) is 11.1. The van der Waals surface area contributed by atoms with Crippen LogP contribution in [-0.4, -0.2) is 15.9 Å². The zero-order valence-corrected chi connectivity index (χ0v) is 10.6. The minimum Gasteiger partial charge on any atom is -0.365 e. The van der Waals surface area contributed by atoms with Crippen molar-refractivity contribution in [3.63, 3.8) is 0 Å². The van der Waals surface area contributed by atoms with Crippen molar-refractivity contribution < 1.29 is 4.79 Å². The van der Waals surface area contributed by atoms with E-state index in [2.05, 4.69) is 15.3 Å². The van der Waals surface area contributed by atoms with Gasteiger partial charge in [0.2, 0.25) is 0 Å². The van der Waals surface area contributed by atoms with Gasteiger partial charge in [-0.1, -0.05) is 6.07 Å². The number of nitrogens with two attached hydrogens (primary N) is 1. The summed E-state index contributed by atoms with van der Waals surface area (Å²) in [6.45, 7) is 0. The number of nitrogens with one attached hydrogen (secondary N) is 1. The lowest BCUT2D eigenvalue weighted by Crippen LogP contribution is -2.14. The molecule has 0 radical (unpaired) electrons. The molecular weight excluding hydrogens is 252 g/mol. The van der Waals surface area contributed by atoms with Crippen molar-refractivity contribution >= 4 is 28.2 Å². The van der Waals surface area contributed by atoms with E-state index in [0.717, 1.165) is 16.5 Å². The number of benzene rings is 1. The van der Waals surface area contributed by atoms with E-state index < -0.39 is 5.91 Å². The summed E-state index contributed by atoms with van der Waals surface area (Å²) in [4.78, 5) is 19.6. The molecule has 0 saturated heterocycles. The number of rotatable bonds is 3. The van der Waals surface area contributed by atoms with E-state index in [9.17, 15) is 4.79 Å². The fourth-order valence-corrected chi connectivity index (χ4v) is 2.00. The summed E-state index contributed by atoms with van der Waals surface area (Å²) < 4.78 is 0. The van der Waals surface area contributed by atoms with Gasteiger partial charge in [-0.25, -0.2) is 4.98 Å². The van der Waals surface area contributed by atoms with Crippen LogP contribution in [-0.2, 0) is 0 Å². The number of aromatic nitrogens is 2. The second-order valence-electron chi connectivity index (χ2n) is 4.33. The van der Waals surface area contributed by atoms with Crippen LogP contribution in [0.25, 0.3) is 10.8 Å². The standard InChI is InChI=1S/C15H12N4O/c16-14(20)13-2-1-6-18-15(13)19-12-4-3-10-5-7-17-9-11(10)8-12/h1-9H,(H2,16,20)(H,18,19). The third-order valence-electron chi connectivity index (χ3n) is 2.98. The molecule has 1 amide bonds. The van der Waals surface area contributed by atoms with Crippen LogP contribution in [0.1, 0.15) is 10.4 Å². The Morgan fingerprint density at radius 2 is 2.00 bits per heavy atom. The fraction of sp³-hybridized carbons (Fsp3) is 0. The highest BCUT2D eigenvalue weighted by atomic mass is 16.1. The number of nitrogens with zero attached hydrogens (tertiary/aromatic N) is 2. The van der Waals surface area contributed by atoms with E-state index in [0.29, 0.717) is 11.4 Å². The average molecular weight is 264 g/mol. The molecule has 3 rings (SSSR count). The molecule has 0 aliphatic heterocycles. The molecule has 2 heterocycles. The molecule has 0 unspecified atom stereocenters. The van der Waals surface area contributed by atoms with Gasteiger partial charge in [-0.15, -0.1) is 0 Å². The monoisotopic (exact) mass is 264 g/mol. The molecule has 20 heavy (non-hydrogen) atoms. The minimum atomic E-state index is -0.511. The predicted octanol–water partition coefficient (Wildman–Crippen LogP) is 2.47. The van der Waals surface area contributed by atoms with Crippen LogP contribution in [0.4, 0.5) is 11.5 Å². The number of anilines is 2.